The Bertz CT molecular complexity index is 267. The molecule has 4 nitrogen and oxygen atoms in total. The highest BCUT2D eigenvalue weighted by Crippen LogP contribution is 2.28. The van der Waals surface area contributed by atoms with Gasteiger partial charge in [-0.05, 0) is 44.1 Å². The van der Waals surface area contributed by atoms with Crippen molar-refractivity contribution in [2.75, 3.05) is 19.7 Å². The zero-order valence-electron chi connectivity index (χ0n) is 11.2. The highest BCUT2D eigenvalue weighted by Gasteiger charge is 2.24. The van der Waals surface area contributed by atoms with Crippen LogP contribution in [0.4, 0.5) is 0 Å². The van der Waals surface area contributed by atoms with Crippen LogP contribution >= 0.6 is 0 Å². The van der Waals surface area contributed by atoms with Gasteiger partial charge in [-0.15, -0.1) is 0 Å². The van der Waals surface area contributed by atoms with Gasteiger partial charge < -0.3 is 15.7 Å². The summed E-state index contributed by atoms with van der Waals surface area (Å²) in [6, 6.07) is 0.467. The molecule has 2 rings (SSSR count). The van der Waals surface area contributed by atoms with Crippen molar-refractivity contribution >= 4 is 5.91 Å². The van der Waals surface area contributed by atoms with Crippen molar-refractivity contribution in [2.24, 2.45) is 11.8 Å². The van der Waals surface area contributed by atoms with E-state index in [9.17, 15) is 9.90 Å². The highest BCUT2D eigenvalue weighted by molar-refractivity contribution is 5.76. The predicted molar refractivity (Wildman–Crippen MR) is 71.2 cm³/mol. The van der Waals surface area contributed by atoms with E-state index in [0.717, 1.165) is 32.4 Å². The third-order valence-corrected chi connectivity index (χ3v) is 4.18. The summed E-state index contributed by atoms with van der Waals surface area (Å²) in [5.41, 5.74) is 0. The lowest BCUT2D eigenvalue weighted by molar-refractivity contribution is -0.121. The summed E-state index contributed by atoms with van der Waals surface area (Å²) in [4.78, 5) is 11.5. The molecule has 2 aliphatic rings. The third-order valence-electron chi connectivity index (χ3n) is 4.18. The van der Waals surface area contributed by atoms with Crippen LogP contribution in [-0.2, 0) is 4.79 Å². The maximum atomic E-state index is 11.5. The SMILES string of the molecule is O=C(CCNCC1CCCCC1CO)NC1CC1. The van der Waals surface area contributed by atoms with Gasteiger partial charge in [0.2, 0.25) is 5.91 Å². The summed E-state index contributed by atoms with van der Waals surface area (Å²) in [6.45, 7) is 2.02. The first-order chi connectivity index (χ1) is 8.79. The molecule has 1 amide bonds. The molecule has 2 saturated carbocycles. The van der Waals surface area contributed by atoms with Crippen LogP contribution in [0.25, 0.3) is 0 Å². The smallest absolute Gasteiger partial charge is 0.221 e. The van der Waals surface area contributed by atoms with Crippen LogP contribution in [0.15, 0.2) is 0 Å². The molecule has 0 spiro atoms. The van der Waals surface area contributed by atoms with Crippen LogP contribution in [0.2, 0.25) is 0 Å². The molecule has 2 fully saturated rings. The fourth-order valence-electron chi connectivity index (χ4n) is 2.81. The minimum absolute atomic E-state index is 0.173. The second-order valence-electron chi connectivity index (χ2n) is 5.78. The highest BCUT2D eigenvalue weighted by atomic mass is 16.3. The van der Waals surface area contributed by atoms with Gasteiger partial charge in [0, 0.05) is 25.6 Å². The Morgan fingerprint density at radius 2 is 1.83 bits per heavy atom. The van der Waals surface area contributed by atoms with Crippen molar-refractivity contribution in [3.63, 3.8) is 0 Å². The summed E-state index contributed by atoms with van der Waals surface area (Å²) >= 11 is 0. The molecular weight excluding hydrogens is 228 g/mol. The normalized spacial score (nSPS) is 28.1. The molecule has 3 N–H and O–H groups in total. The number of aliphatic hydroxyl groups is 1. The Labute approximate surface area is 110 Å². The van der Waals surface area contributed by atoms with Crippen molar-refractivity contribution < 1.29 is 9.90 Å². The Hall–Kier alpha value is -0.610. The second-order valence-corrected chi connectivity index (χ2v) is 5.78. The lowest BCUT2D eigenvalue weighted by atomic mass is 9.79. The fraction of sp³-hybridized carbons (Fsp3) is 0.929. The number of carbonyl (C=O) groups excluding carboxylic acids is 1. The number of nitrogens with one attached hydrogen (secondary N) is 2. The van der Waals surface area contributed by atoms with E-state index in [4.69, 9.17) is 0 Å². The van der Waals surface area contributed by atoms with Gasteiger partial charge >= 0.3 is 0 Å². The average molecular weight is 254 g/mol. The number of carbonyl (C=O) groups is 1. The van der Waals surface area contributed by atoms with Crippen molar-refractivity contribution in [3.05, 3.63) is 0 Å². The summed E-state index contributed by atoms with van der Waals surface area (Å²) in [6.07, 6.45) is 7.79. The predicted octanol–water partition coefficient (Wildman–Crippen LogP) is 1.04. The molecule has 0 saturated heterocycles. The van der Waals surface area contributed by atoms with Crippen LogP contribution in [0, 0.1) is 11.8 Å². The molecule has 0 heterocycles. The first-order valence-electron chi connectivity index (χ1n) is 7.40. The minimum Gasteiger partial charge on any atom is -0.396 e. The molecule has 0 radical (unpaired) electrons. The maximum Gasteiger partial charge on any atom is 0.221 e. The van der Waals surface area contributed by atoms with Crippen LogP contribution in [0.1, 0.15) is 44.9 Å². The summed E-state index contributed by atoms with van der Waals surface area (Å²) < 4.78 is 0. The van der Waals surface area contributed by atoms with Gasteiger partial charge in [-0.2, -0.15) is 0 Å². The number of hydrogen-bond acceptors (Lipinski definition) is 3. The van der Waals surface area contributed by atoms with Gasteiger partial charge in [-0.1, -0.05) is 12.8 Å². The van der Waals surface area contributed by atoms with E-state index in [1.807, 2.05) is 0 Å². The quantitative estimate of drug-likeness (QED) is 0.595. The molecule has 2 aliphatic carbocycles. The average Bonchev–Trinajstić information content (AvgIpc) is 3.19. The standard InChI is InChI=1S/C14H26N2O2/c17-10-12-4-2-1-3-11(12)9-15-8-7-14(18)16-13-5-6-13/h11-13,15,17H,1-10H2,(H,16,18). The molecule has 0 aromatic rings. The van der Waals surface area contributed by atoms with E-state index < -0.39 is 0 Å². The Morgan fingerprint density at radius 1 is 1.11 bits per heavy atom. The lowest BCUT2D eigenvalue weighted by Crippen LogP contribution is -2.35. The van der Waals surface area contributed by atoms with Gasteiger partial charge in [0.05, 0.1) is 0 Å². The second kappa shape index (κ2) is 7.10. The van der Waals surface area contributed by atoms with Gasteiger partial charge in [-0.3, -0.25) is 4.79 Å². The largest absolute Gasteiger partial charge is 0.396 e. The summed E-state index contributed by atoms with van der Waals surface area (Å²) in [5, 5.41) is 15.7. The molecule has 0 aliphatic heterocycles. The Kier molecular flexibility index (Phi) is 5.45. The molecular formula is C14H26N2O2. The summed E-state index contributed by atoms with van der Waals surface area (Å²) in [7, 11) is 0. The van der Waals surface area contributed by atoms with E-state index in [2.05, 4.69) is 10.6 Å². The molecule has 0 bridgehead atoms. The monoisotopic (exact) mass is 254 g/mol. The zero-order chi connectivity index (χ0) is 12.8. The summed E-state index contributed by atoms with van der Waals surface area (Å²) in [5.74, 6) is 1.23. The van der Waals surface area contributed by atoms with Crippen molar-refractivity contribution in [2.45, 2.75) is 51.0 Å². The van der Waals surface area contributed by atoms with Gasteiger partial charge in [0.1, 0.15) is 0 Å². The molecule has 0 aromatic carbocycles. The topological polar surface area (TPSA) is 61.4 Å². The first-order valence-corrected chi connectivity index (χ1v) is 7.40. The first kappa shape index (κ1) is 13.8. The van der Waals surface area contributed by atoms with Gasteiger partial charge in [0.25, 0.3) is 0 Å². The van der Waals surface area contributed by atoms with Crippen molar-refractivity contribution in [1.29, 1.82) is 0 Å². The third kappa shape index (κ3) is 4.58. The Balaban J connectivity index is 1.54. The fourth-order valence-corrected chi connectivity index (χ4v) is 2.81. The van der Waals surface area contributed by atoms with Crippen molar-refractivity contribution in [3.8, 4) is 0 Å². The molecule has 2 atom stereocenters. The lowest BCUT2D eigenvalue weighted by Gasteiger charge is -2.30. The van der Waals surface area contributed by atoms with Crippen LogP contribution < -0.4 is 10.6 Å². The minimum atomic E-state index is 0.173. The van der Waals surface area contributed by atoms with E-state index in [1.165, 1.54) is 19.3 Å². The number of rotatable bonds is 7. The van der Waals surface area contributed by atoms with Crippen LogP contribution in [0.3, 0.4) is 0 Å². The van der Waals surface area contributed by atoms with E-state index in [-0.39, 0.29) is 5.91 Å². The van der Waals surface area contributed by atoms with Crippen LogP contribution in [-0.4, -0.2) is 36.8 Å². The van der Waals surface area contributed by atoms with Gasteiger partial charge in [-0.25, -0.2) is 0 Å². The zero-order valence-corrected chi connectivity index (χ0v) is 11.2. The number of hydrogen-bond donors (Lipinski definition) is 3. The van der Waals surface area contributed by atoms with E-state index >= 15 is 0 Å². The maximum absolute atomic E-state index is 11.5. The number of amides is 1. The Morgan fingerprint density at radius 3 is 2.50 bits per heavy atom. The molecule has 2 unspecified atom stereocenters. The van der Waals surface area contributed by atoms with Crippen molar-refractivity contribution in [1.82, 2.24) is 10.6 Å². The number of aliphatic hydroxyl groups excluding tert-OH is 1. The molecule has 0 aromatic heterocycles. The molecule has 104 valence electrons. The molecule has 18 heavy (non-hydrogen) atoms. The van der Waals surface area contributed by atoms with Gasteiger partial charge in [0.15, 0.2) is 0 Å². The van der Waals surface area contributed by atoms with E-state index in [0.29, 0.717) is 30.9 Å². The van der Waals surface area contributed by atoms with Crippen LogP contribution in [0.5, 0.6) is 0 Å². The van der Waals surface area contributed by atoms with E-state index in [1.54, 1.807) is 0 Å². The molecule has 4 heteroatoms.